The quantitative estimate of drug-likeness (QED) is 0.571. The number of aromatic hydroxyl groups is 1. The molecule has 22 heavy (non-hydrogen) atoms. The normalized spacial score (nSPS) is 10.9. The Labute approximate surface area is 126 Å². The molecule has 0 atom stereocenters. The van der Waals surface area contributed by atoms with Gasteiger partial charge in [-0.2, -0.15) is 5.10 Å². The van der Waals surface area contributed by atoms with E-state index in [1.165, 1.54) is 24.8 Å². The molecule has 0 saturated carbocycles. The number of phenols is 1. The topological polar surface area (TPSA) is 87.5 Å². The Kier molecular flexibility index (Phi) is 3.74. The van der Waals surface area contributed by atoms with E-state index in [2.05, 4.69) is 20.5 Å². The molecular formula is C16H12N4O2. The van der Waals surface area contributed by atoms with Crippen molar-refractivity contribution in [1.82, 2.24) is 15.4 Å². The van der Waals surface area contributed by atoms with E-state index in [1.54, 1.807) is 6.07 Å². The fourth-order valence-electron chi connectivity index (χ4n) is 2.05. The summed E-state index contributed by atoms with van der Waals surface area (Å²) in [7, 11) is 0. The lowest BCUT2D eigenvalue weighted by Gasteiger charge is -2.04. The number of phenolic OH excluding ortho intramolecular Hbond substituents is 1. The average molecular weight is 292 g/mol. The Balaban J connectivity index is 1.84. The van der Waals surface area contributed by atoms with Gasteiger partial charge in [-0.25, -0.2) is 10.4 Å². The molecule has 0 aliphatic rings. The number of nitrogens with one attached hydrogen (secondary N) is 1. The SMILES string of the molecule is O=C(NN=Cc1c(O)ccc2ccccc12)c1cnccn1. The Bertz CT molecular complexity index is 847. The van der Waals surface area contributed by atoms with Gasteiger partial charge in [0.05, 0.1) is 12.4 Å². The van der Waals surface area contributed by atoms with Gasteiger partial charge in [0, 0.05) is 18.0 Å². The number of fused-ring (bicyclic) bond motifs is 1. The van der Waals surface area contributed by atoms with Crippen molar-refractivity contribution >= 4 is 22.9 Å². The summed E-state index contributed by atoms with van der Waals surface area (Å²) in [6.07, 6.45) is 5.66. The first-order valence-electron chi connectivity index (χ1n) is 6.56. The zero-order valence-corrected chi connectivity index (χ0v) is 11.5. The van der Waals surface area contributed by atoms with Crippen molar-refractivity contribution in [3.63, 3.8) is 0 Å². The molecule has 1 aromatic heterocycles. The van der Waals surface area contributed by atoms with Crippen LogP contribution in [0.3, 0.4) is 0 Å². The van der Waals surface area contributed by atoms with Crippen LogP contribution in [-0.2, 0) is 0 Å². The number of amides is 1. The number of carbonyl (C=O) groups is 1. The van der Waals surface area contributed by atoms with Gasteiger partial charge in [-0.05, 0) is 16.8 Å². The van der Waals surface area contributed by atoms with Crippen LogP contribution in [0, 0.1) is 0 Å². The molecule has 6 nitrogen and oxygen atoms in total. The first kappa shape index (κ1) is 13.7. The van der Waals surface area contributed by atoms with Crippen LogP contribution in [0.5, 0.6) is 5.75 Å². The summed E-state index contributed by atoms with van der Waals surface area (Å²) in [4.78, 5) is 19.5. The van der Waals surface area contributed by atoms with Crippen LogP contribution in [-0.4, -0.2) is 27.2 Å². The number of hydrogen-bond donors (Lipinski definition) is 2. The number of aromatic nitrogens is 2. The number of rotatable bonds is 3. The van der Waals surface area contributed by atoms with Crippen LogP contribution < -0.4 is 5.43 Å². The summed E-state index contributed by atoms with van der Waals surface area (Å²) in [6, 6.07) is 11.0. The van der Waals surface area contributed by atoms with Crippen LogP contribution >= 0.6 is 0 Å². The minimum absolute atomic E-state index is 0.0937. The van der Waals surface area contributed by atoms with Crippen LogP contribution in [0.25, 0.3) is 10.8 Å². The van der Waals surface area contributed by atoms with E-state index in [-0.39, 0.29) is 11.4 Å². The summed E-state index contributed by atoms with van der Waals surface area (Å²) >= 11 is 0. The molecule has 0 saturated heterocycles. The van der Waals surface area contributed by atoms with E-state index >= 15 is 0 Å². The van der Waals surface area contributed by atoms with Crippen molar-refractivity contribution in [2.24, 2.45) is 5.10 Å². The van der Waals surface area contributed by atoms with E-state index in [4.69, 9.17) is 0 Å². The highest BCUT2D eigenvalue weighted by molar-refractivity contribution is 6.02. The van der Waals surface area contributed by atoms with Crippen molar-refractivity contribution in [3.8, 4) is 5.75 Å². The predicted molar refractivity (Wildman–Crippen MR) is 82.7 cm³/mol. The molecule has 2 N–H and O–H groups in total. The van der Waals surface area contributed by atoms with Crippen LogP contribution in [0.2, 0.25) is 0 Å². The van der Waals surface area contributed by atoms with Crippen LogP contribution in [0.1, 0.15) is 16.1 Å². The molecule has 0 radical (unpaired) electrons. The zero-order chi connectivity index (χ0) is 15.4. The number of hydrogen-bond acceptors (Lipinski definition) is 5. The van der Waals surface area contributed by atoms with E-state index in [0.717, 1.165) is 10.8 Å². The number of hydrazone groups is 1. The van der Waals surface area contributed by atoms with Gasteiger partial charge in [-0.3, -0.25) is 9.78 Å². The lowest BCUT2D eigenvalue weighted by molar-refractivity contribution is 0.0949. The molecule has 3 rings (SSSR count). The van der Waals surface area contributed by atoms with Crippen molar-refractivity contribution in [2.75, 3.05) is 0 Å². The first-order chi connectivity index (χ1) is 10.8. The fraction of sp³-hybridized carbons (Fsp3) is 0. The number of nitrogens with zero attached hydrogens (tertiary/aromatic N) is 3. The monoisotopic (exact) mass is 292 g/mol. The molecule has 3 aromatic rings. The molecule has 108 valence electrons. The Hall–Kier alpha value is -3.28. The highest BCUT2D eigenvalue weighted by Crippen LogP contribution is 2.25. The third kappa shape index (κ3) is 2.76. The molecule has 0 unspecified atom stereocenters. The van der Waals surface area contributed by atoms with E-state index in [1.807, 2.05) is 30.3 Å². The van der Waals surface area contributed by atoms with Crippen molar-refractivity contribution < 1.29 is 9.90 Å². The summed E-state index contributed by atoms with van der Waals surface area (Å²) in [5, 5.41) is 15.7. The molecular weight excluding hydrogens is 280 g/mol. The second kappa shape index (κ2) is 6.01. The third-order valence-electron chi connectivity index (χ3n) is 3.10. The zero-order valence-electron chi connectivity index (χ0n) is 11.5. The maximum atomic E-state index is 11.8. The molecule has 0 bridgehead atoms. The van der Waals surface area contributed by atoms with Crippen LogP contribution in [0.15, 0.2) is 60.1 Å². The molecule has 6 heteroatoms. The Morgan fingerprint density at radius 2 is 2.05 bits per heavy atom. The van der Waals surface area contributed by atoms with Gasteiger partial charge in [0.2, 0.25) is 0 Å². The standard InChI is InChI=1S/C16H12N4O2/c21-15-6-5-11-3-1-2-4-12(11)13(15)9-19-20-16(22)14-10-17-7-8-18-14/h1-10,21H,(H,20,22). The maximum absolute atomic E-state index is 11.8. The minimum Gasteiger partial charge on any atom is -0.507 e. The number of benzene rings is 2. The van der Waals surface area contributed by atoms with Crippen LogP contribution in [0.4, 0.5) is 0 Å². The van der Waals surface area contributed by atoms with E-state index < -0.39 is 5.91 Å². The molecule has 0 spiro atoms. The highest BCUT2D eigenvalue weighted by Gasteiger charge is 2.06. The second-order valence-electron chi connectivity index (χ2n) is 4.51. The molecule has 0 aliphatic carbocycles. The van der Waals surface area contributed by atoms with Gasteiger partial charge in [0.25, 0.3) is 5.91 Å². The molecule has 0 fully saturated rings. The minimum atomic E-state index is -0.468. The second-order valence-corrected chi connectivity index (χ2v) is 4.51. The van der Waals surface area contributed by atoms with Crippen molar-refractivity contribution in [2.45, 2.75) is 0 Å². The molecule has 0 aliphatic heterocycles. The highest BCUT2D eigenvalue weighted by atomic mass is 16.3. The Morgan fingerprint density at radius 3 is 2.86 bits per heavy atom. The smallest absolute Gasteiger partial charge is 0.291 e. The van der Waals surface area contributed by atoms with Gasteiger partial charge >= 0.3 is 0 Å². The van der Waals surface area contributed by atoms with Gasteiger partial charge < -0.3 is 5.11 Å². The third-order valence-corrected chi connectivity index (χ3v) is 3.10. The molecule has 2 aromatic carbocycles. The lowest BCUT2D eigenvalue weighted by Crippen LogP contribution is -2.19. The predicted octanol–water partition coefficient (Wildman–Crippen LogP) is 2.10. The molecule has 1 heterocycles. The maximum Gasteiger partial charge on any atom is 0.291 e. The summed E-state index contributed by atoms with van der Waals surface area (Å²) in [5.74, 6) is -0.375. The van der Waals surface area contributed by atoms with Crippen molar-refractivity contribution in [1.29, 1.82) is 0 Å². The largest absolute Gasteiger partial charge is 0.507 e. The fourth-order valence-corrected chi connectivity index (χ4v) is 2.05. The van der Waals surface area contributed by atoms with Crippen molar-refractivity contribution in [3.05, 3.63) is 66.2 Å². The van der Waals surface area contributed by atoms with Gasteiger partial charge in [0.1, 0.15) is 11.4 Å². The van der Waals surface area contributed by atoms with E-state index in [0.29, 0.717) is 5.56 Å². The number of carbonyl (C=O) groups excluding carboxylic acids is 1. The summed E-state index contributed by atoms with van der Waals surface area (Å²) in [6.45, 7) is 0. The van der Waals surface area contributed by atoms with Gasteiger partial charge in [-0.1, -0.05) is 30.3 Å². The first-order valence-corrected chi connectivity index (χ1v) is 6.56. The van der Waals surface area contributed by atoms with Gasteiger partial charge in [0.15, 0.2) is 0 Å². The summed E-state index contributed by atoms with van der Waals surface area (Å²) in [5.41, 5.74) is 3.06. The Morgan fingerprint density at radius 1 is 1.18 bits per heavy atom. The van der Waals surface area contributed by atoms with Gasteiger partial charge in [-0.15, -0.1) is 0 Å². The van der Waals surface area contributed by atoms with E-state index in [9.17, 15) is 9.90 Å². The average Bonchev–Trinajstić information content (AvgIpc) is 2.57. The molecule has 1 amide bonds. The summed E-state index contributed by atoms with van der Waals surface area (Å²) < 4.78 is 0. The lowest BCUT2D eigenvalue weighted by atomic mass is 10.0.